The SMILES string of the molecule is CC(C)[C@@H](C)[C@@]1(C)CC[C@]2(C)[C@H]3CC[C@@H]4[C@@]5(COC[C@]4(C)[C@@H](OC[C@](C)(N)C(C)(C)C)[C@H](n4ncnc4-c4ccccc4)C5)C3=CC[C@@]2(C)[C@@H]1C(=O)O. The number of nitrogens with two attached hydrogens (primary N) is 1. The lowest BCUT2D eigenvalue weighted by Gasteiger charge is -2.71. The molecular formula is C45H68N4O4. The van der Waals surface area contributed by atoms with Gasteiger partial charge in [-0.1, -0.05) is 111 Å². The lowest BCUT2D eigenvalue weighted by Crippen LogP contribution is -2.69. The van der Waals surface area contributed by atoms with Gasteiger partial charge in [-0.15, -0.1) is 0 Å². The molecule has 1 aromatic heterocycles. The van der Waals surface area contributed by atoms with Crippen LogP contribution in [0, 0.1) is 62.1 Å². The van der Waals surface area contributed by atoms with Gasteiger partial charge in [-0.25, -0.2) is 9.67 Å². The van der Waals surface area contributed by atoms with Crippen LogP contribution in [0.15, 0.2) is 48.3 Å². The monoisotopic (exact) mass is 729 g/mol. The van der Waals surface area contributed by atoms with Gasteiger partial charge < -0.3 is 20.3 Å². The summed E-state index contributed by atoms with van der Waals surface area (Å²) in [5.74, 6) is 1.19. The Hall–Kier alpha value is -2.55. The van der Waals surface area contributed by atoms with Crippen molar-refractivity contribution in [3.63, 3.8) is 0 Å². The van der Waals surface area contributed by atoms with E-state index in [1.165, 1.54) is 5.57 Å². The normalized spacial score (nSPS) is 41.4. The zero-order chi connectivity index (χ0) is 38.6. The van der Waals surface area contributed by atoms with Crippen LogP contribution in [0.3, 0.4) is 0 Å². The third kappa shape index (κ3) is 5.49. The van der Waals surface area contributed by atoms with Crippen LogP contribution in [-0.4, -0.2) is 57.3 Å². The van der Waals surface area contributed by atoms with E-state index in [9.17, 15) is 9.90 Å². The summed E-state index contributed by atoms with van der Waals surface area (Å²) in [6.45, 7) is 26.7. The molecule has 4 fully saturated rings. The van der Waals surface area contributed by atoms with Gasteiger partial charge in [-0.2, -0.15) is 5.10 Å². The van der Waals surface area contributed by atoms with E-state index in [1.807, 2.05) is 6.07 Å². The first-order chi connectivity index (χ1) is 24.7. The molecule has 1 aromatic carbocycles. The van der Waals surface area contributed by atoms with Crippen molar-refractivity contribution in [3.8, 4) is 11.4 Å². The Labute approximate surface area is 319 Å². The molecule has 0 amide bonds. The molecule has 292 valence electrons. The van der Waals surface area contributed by atoms with Crippen molar-refractivity contribution in [2.75, 3.05) is 19.8 Å². The maximum absolute atomic E-state index is 13.6. The van der Waals surface area contributed by atoms with Gasteiger partial charge in [0.25, 0.3) is 0 Å². The van der Waals surface area contributed by atoms with Crippen LogP contribution in [0.1, 0.15) is 121 Å². The predicted octanol–water partition coefficient (Wildman–Crippen LogP) is 9.22. The number of carbonyl (C=O) groups is 1. The van der Waals surface area contributed by atoms with E-state index < -0.39 is 17.4 Å². The largest absolute Gasteiger partial charge is 0.481 e. The minimum absolute atomic E-state index is 0.0947. The van der Waals surface area contributed by atoms with Gasteiger partial charge in [-0.3, -0.25) is 4.79 Å². The van der Waals surface area contributed by atoms with E-state index in [4.69, 9.17) is 25.3 Å². The highest BCUT2D eigenvalue weighted by molar-refractivity contribution is 5.73. The lowest BCUT2D eigenvalue weighted by atomic mass is 9.34. The maximum Gasteiger partial charge on any atom is 0.307 e. The topological polar surface area (TPSA) is 112 Å². The molecule has 2 bridgehead atoms. The first kappa shape index (κ1) is 38.7. The van der Waals surface area contributed by atoms with Crippen LogP contribution in [0.5, 0.6) is 0 Å². The fourth-order valence-electron chi connectivity index (χ4n) is 12.9. The first-order valence-corrected chi connectivity index (χ1v) is 20.5. The second kappa shape index (κ2) is 12.7. The third-order valence-corrected chi connectivity index (χ3v) is 17.3. The number of rotatable bonds is 8. The molecule has 0 spiro atoms. The van der Waals surface area contributed by atoms with Gasteiger partial charge in [0.2, 0.25) is 0 Å². The molecule has 7 rings (SSSR count). The van der Waals surface area contributed by atoms with Crippen LogP contribution >= 0.6 is 0 Å². The number of carboxylic acid groups (broad SMARTS) is 1. The first-order valence-electron chi connectivity index (χ1n) is 20.5. The van der Waals surface area contributed by atoms with E-state index in [0.717, 1.165) is 49.9 Å². The third-order valence-electron chi connectivity index (χ3n) is 17.3. The lowest BCUT2D eigenvalue weighted by molar-refractivity contribution is -0.253. The summed E-state index contributed by atoms with van der Waals surface area (Å²) in [4.78, 5) is 18.4. The van der Waals surface area contributed by atoms with Crippen LogP contribution < -0.4 is 5.73 Å². The number of aromatic nitrogens is 3. The van der Waals surface area contributed by atoms with Gasteiger partial charge >= 0.3 is 5.97 Å². The molecule has 8 nitrogen and oxygen atoms in total. The molecule has 5 aliphatic rings. The van der Waals surface area contributed by atoms with Gasteiger partial charge in [0, 0.05) is 21.9 Å². The molecule has 3 saturated carbocycles. The molecule has 1 aliphatic heterocycles. The van der Waals surface area contributed by atoms with Crippen molar-refractivity contribution in [2.45, 2.75) is 132 Å². The quantitative estimate of drug-likeness (QED) is 0.261. The molecule has 2 aromatic rings. The van der Waals surface area contributed by atoms with Crippen LogP contribution in [0.2, 0.25) is 0 Å². The van der Waals surface area contributed by atoms with E-state index >= 15 is 0 Å². The standard InChI is InChI=1S/C45H68N4O4/c1-28(2)29(3)40(7)21-22-42(9)31-17-18-34-41(8)24-52-26-45(34,32(31)19-20-43(42,10)35(40)38(50)51)23-33(36(41)53-25-44(11,46)39(4,5)6)49-37(47-27-48-49)30-15-13-12-14-16-30/h12-16,19,27-29,31,33-36H,17-18,20-26,46H2,1-11H3,(H,50,51)/t29-,31+,33-,34+,35-,36+,40-,41+,42-,43+,44+,45+/m1/s1. The van der Waals surface area contributed by atoms with Crippen molar-refractivity contribution in [3.05, 3.63) is 48.3 Å². The molecule has 53 heavy (non-hydrogen) atoms. The van der Waals surface area contributed by atoms with Gasteiger partial charge in [0.1, 0.15) is 6.33 Å². The molecule has 1 saturated heterocycles. The summed E-state index contributed by atoms with van der Waals surface area (Å²) < 4.78 is 16.2. The molecule has 4 aliphatic carbocycles. The Morgan fingerprint density at radius 2 is 1.74 bits per heavy atom. The predicted molar refractivity (Wildman–Crippen MR) is 210 cm³/mol. The Bertz CT molecular complexity index is 1730. The van der Waals surface area contributed by atoms with E-state index in [-0.39, 0.29) is 44.6 Å². The highest BCUT2D eigenvalue weighted by Gasteiger charge is 2.72. The number of hydrogen-bond donors (Lipinski definition) is 2. The molecule has 0 unspecified atom stereocenters. The Kier molecular flexibility index (Phi) is 9.31. The van der Waals surface area contributed by atoms with E-state index in [0.29, 0.717) is 43.5 Å². The van der Waals surface area contributed by atoms with Gasteiger partial charge in [0.05, 0.1) is 37.9 Å². The number of carboxylic acids is 1. The Morgan fingerprint density at radius 3 is 2.38 bits per heavy atom. The Balaban J connectivity index is 1.35. The van der Waals surface area contributed by atoms with Crippen molar-refractivity contribution < 1.29 is 19.4 Å². The number of fused-ring (bicyclic) bond motifs is 3. The van der Waals surface area contributed by atoms with Crippen molar-refractivity contribution in [1.29, 1.82) is 0 Å². The summed E-state index contributed by atoms with van der Waals surface area (Å²) in [5.41, 5.74) is 7.57. The van der Waals surface area contributed by atoms with E-state index in [1.54, 1.807) is 6.33 Å². The number of aliphatic carboxylic acids is 1. The maximum atomic E-state index is 13.6. The average Bonchev–Trinajstić information content (AvgIpc) is 3.57. The minimum Gasteiger partial charge on any atom is -0.481 e. The average molecular weight is 729 g/mol. The van der Waals surface area contributed by atoms with Crippen molar-refractivity contribution >= 4 is 5.97 Å². The molecule has 8 heteroatoms. The minimum atomic E-state index is -0.620. The summed E-state index contributed by atoms with van der Waals surface area (Å²) in [6, 6.07) is 10.3. The molecular weight excluding hydrogens is 661 g/mol. The number of nitrogens with zero attached hydrogens (tertiary/aromatic N) is 3. The number of ether oxygens (including phenoxy) is 2. The van der Waals surface area contributed by atoms with Crippen LogP contribution in [-0.2, 0) is 14.3 Å². The summed E-state index contributed by atoms with van der Waals surface area (Å²) >= 11 is 0. The zero-order valence-electron chi connectivity index (χ0n) is 34.5. The van der Waals surface area contributed by atoms with Crippen LogP contribution in [0.25, 0.3) is 11.4 Å². The second-order valence-electron chi connectivity index (χ2n) is 20.9. The van der Waals surface area contributed by atoms with Crippen LogP contribution in [0.4, 0.5) is 0 Å². The van der Waals surface area contributed by atoms with Gasteiger partial charge in [0.15, 0.2) is 5.82 Å². The molecule has 0 radical (unpaired) electrons. The summed E-state index contributed by atoms with van der Waals surface area (Å²) in [7, 11) is 0. The van der Waals surface area contributed by atoms with Crippen molar-refractivity contribution in [2.24, 2.45) is 67.8 Å². The highest BCUT2D eigenvalue weighted by Crippen LogP contribution is 2.75. The summed E-state index contributed by atoms with van der Waals surface area (Å²) in [6.07, 6.45) is 9.75. The molecule has 2 heterocycles. The number of hydrogen-bond acceptors (Lipinski definition) is 6. The molecule has 12 atom stereocenters. The fraction of sp³-hybridized carbons (Fsp3) is 0.756. The van der Waals surface area contributed by atoms with Crippen molar-refractivity contribution in [1.82, 2.24) is 14.8 Å². The fourth-order valence-corrected chi connectivity index (χ4v) is 12.9. The smallest absolute Gasteiger partial charge is 0.307 e. The number of allylic oxidation sites excluding steroid dienone is 1. The zero-order valence-corrected chi connectivity index (χ0v) is 34.5. The Morgan fingerprint density at radius 1 is 1.04 bits per heavy atom. The molecule has 3 N–H and O–H groups in total. The highest BCUT2D eigenvalue weighted by atomic mass is 16.5. The van der Waals surface area contributed by atoms with Gasteiger partial charge in [-0.05, 0) is 90.8 Å². The van der Waals surface area contributed by atoms with E-state index in [2.05, 4.69) is 111 Å². The summed E-state index contributed by atoms with van der Waals surface area (Å²) in [5, 5.41) is 16.1. The second-order valence-corrected chi connectivity index (χ2v) is 20.9. The number of benzene rings is 1.